The second kappa shape index (κ2) is 10.1. The van der Waals surface area contributed by atoms with E-state index in [0.717, 1.165) is 19.0 Å². The fraction of sp³-hybridized carbons (Fsp3) is 1.00. The van der Waals surface area contributed by atoms with Gasteiger partial charge in [0.2, 0.25) is 0 Å². The van der Waals surface area contributed by atoms with E-state index in [0.29, 0.717) is 5.92 Å². The standard InChI is InChI=1S/C6H13NO.C6H14.C2H6/c1-5-3-7-4-6(5,2)8;1-4-5-6(2)3;1-2/h5,7-8H,3-4H2,1-2H3;6H,4-5H2,1-3H3;1-2H3. The van der Waals surface area contributed by atoms with Crippen molar-refractivity contribution in [2.24, 2.45) is 11.8 Å². The van der Waals surface area contributed by atoms with E-state index in [1.54, 1.807) is 0 Å². The van der Waals surface area contributed by atoms with Gasteiger partial charge in [-0.1, -0.05) is 54.4 Å². The van der Waals surface area contributed by atoms with Crippen molar-refractivity contribution in [3.63, 3.8) is 0 Å². The number of nitrogens with one attached hydrogen (secondary N) is 1. The minimum atomic E-state index is -0.458. The second-order valence-corrected chi connectivity index (χ2v) is 5.07. The first-order chi connectivity index (χ1) is 7.40. The molecule has 0 aliphatic carbocycles. The molecule has 0 aromatic heterocycles. The quantitative estimate of drug-likeness (QED) is 0.763. The molecule has 0 radical (unpaired) electrons. The summed E-state index contributed by atoms with van der Waals surface area (Å²) in [6.07, 6.45) is 2.71. The van der Waals surface area contributed by atoms with Gasteiger partial charge >= 0.3 is 0 Å². The minimum absolute atomic E-state index is 0.405. The van der Waals surface area contributed by atoms with Crippen LogP contribution in [0.5, 0.6) is 0 Å². The molecule has 2 atom stereocenters. The van der Waals surface area contributed by atoms with Crippen molar-refractivity contribution in [3.8, 4) is 0 Å². The smallest absolute Gasteiger partial charge is 0.0781 e. The van der Waals surface area contributed by atoms with E-state index in [4.69, 9.17) is 0 Å². The maximum absolute atomic E-state index is 9.40. The molecule has 1 aliphatic heterocycles. The van der Waals surface area contributed by atoms with Crippen molar-refractivity contribution in [2.75, 3.05) is 13.1 Å². The molecular weight excluding hydrogens is 198 g/mol. The molecule has 0 bridgehead atoms. The zero-order valence-corrected chi connectivity index (χ0v) is 12.4. The van der Waals surface area contributed by atoms with Gasteiger partial charge in [-0.05, 0) is 18.8 Å². The van der Waals surface area contributed by atoms with Crippen LogP contribution < -0.4 is 5.32 Å². The number of hydrogen-bond acceptors (Lipinski definition) is 2. The lowest BCUT2D eigenvalue weighted by Crippen LogP contribution is -2.31. The lowest BCUT2D eigenvalue weighted by atomic mass is 9.95. The molecular formula is C14H33NO. The van der Waals surface area contributed by atoms with Crippen molar-refractivity contribution in [1.29, 1.82) is 0 Å². The van der Waals surface area contributed by atoms with Gasteiger partial charge in [0.05, 0.1) is 5.60 Å². The summed E-state index contributed by atoms with van der Waals surface area (Å²) < 4.78 is 0. The van der Waals surface area contributed by atoms with Crippen molar-refractivity contribution >= 4 is 0 Å². The Kier molecular flexibility index (Phi) is 11.5. The highest BCUT2D eigenvalue weighted by atomic mass is 16.3. The van der Waals surface area contributed by atoms with Crippen LogP contribution in [0, 0.1) is 11.8 Å². The lowest BCUT2D eigenvalue weighted by molar-refractivity contribution is 0.0433. The average molecular weight is 231 g/mol. The van der Waals surface area contributed by atoms with Crippen LogP contribution in [0.4, 0.5) is 0 Å². The normalized spacial score (nSPS) is 27.9. The van der Waals surface area contributed by atoms with Gasteiger partial charge < -0.3 is 10.4 Å². The van der Waals surface area contributed by atoms with Crippen LogP contribution in [-0.2, 0) is 0 Å². The molecule has 16 heavy (non-hydrogen) atoms. The summed E-state index contributed by atoms with van der Waals surface area (Å²) in [5.41, 5.74) is -0.458. The minimum Gasteiger partial charge on any atom is -0.389 e. The fourth-order valence-corrected chi connectivity index (χ4v) is 1.51. The van der Waals surface area contributed by atoms with Gasteiger partial charge in [-0.25, -0.2) is 0 Å². The third kappa shape index (κ3) is 9.17. The Morgan fingerprint density at radius 3 is 1.94 bits per heavy atom. The van der Waals surface area contributed by atoms with Gasteiger partial charge in [-0.3, -0.25) is 0 Å². The molecule has 1 fully saturated rings. The molecule has 0 aromatic carbocycles. The Morgan fingerprint density at radius 1 is 1.38 bits per heavy atom. The Hall–Kier alpha value is -0.0800. The second-order valence-electron chi connectivity index (χ2n) is 5.07. The van der Waals surface area contributed by atoms with Crippen molar-refractivity contribution in [2.45, 2.75) is 66.9 Å². The highest BCUT2D eigenvalue weighted by molar-refractivity contribution is 4.88. The summed E-state index contributed by atoms with van der Waals surface area (Å²) in [4.78, 5) is 0. The number of aliphatic hydroxyl groups is 1. The molecule has 1 heterocycles. The van der Waals surface area contributed by atoms with Crippen molar-refractivity contribution < 1.29 is 5.11 Å². The van der Waals surface area contributed by atoms with Crippen LogP contribution in [0.3, 0.4) is 0 Å². The predicted octanol–water partition coefficient (Wildman–Crippen LogP) is 3.45. The molecule has 1 aliphatic rings. The Bertz CT molecular complexity index is 144. The Labute approximate surface area is 103 Å². The zero-order valence-electron chi connectivity index (χ0n) is 12.4. The number of hydrogen-bond donors (Lipinski definition) is 2. The number of rotatable bonds is 2. The monoisotopic (exact) mass is 231 g/mol. The first kappa shape index (κ1) is 18.3. The van der Waals surface area contributed by atoms with Crippen molar-refractivity contribution in [1.82, 2.24) is 5.32 Å². The third-order valence-electron chi connectivity index (χ3n) is 2.86. The molecule has 0 amide bonds. The van der Waals surface area contributed by atoms with E-state index >= 15 is 0 Å². The summed E-state index contributed by atoms with van der Waals surface area (Å²) in [5, 5.41) is 12.5. The first-order valence-electron chi connectivity index (χ1n) is 6.83. The molecule has 2 nitrogen and oxygen atoms in total. The average Bonchev–Trinajstić information content (AvgIpc) is 2.49. The van der Waals surface area contributed by atoms with Crippen LogP contribution in [-0.4, -0.2) is 23.8 Å². The van der Waals surface area contributed by atoms with Gasteiger partial charge in [0.1, 0.15) is 0 Å². The Balaban J connectivity index is 0. The zero-order chi connectivity index (χ0) is 13.2. The van der Waals surface area contributed by atoms with E-state index in [1.807, 2.05) is 20.8 Å². The topological polar surface area (TPSA) is 32.3 Å². The summed E-state index contributed by atoms with van der Waals surface area (Å²) in [5.74, 6) is 1.30. The largest absolute Gasteiger partial charge is 0.389 e. The first-order valence-corrected chi connectivity index (χ1v) is 6.83. The summed E-state index contributed by atoms with van der Waals surface area (Å²) in [6.45, 7) is 16.4. The molecule has 0 spiro atoms. The van der Waals surface area contributed by atoms with Gasteiger partial charge in [0, 0.05) is 13.1 Å². The fourth-order valence-electron chi connectivity index (χ4n) is 1.51. The van der Waals surface area contributed by atoms with E-state index < -0.39 is 5.60 Å². The SMILES string of the molecule is CC.CC1CNCC1(C)O.CCCC(C)C. The summed E-state index contributed by atoms with van der Waals surface area (Å²) >= 11 is 0. The molecule has 0 aromatic rings. The highest BCUT2D eigenvalue weighted by Gasteiger charge is 2.32. The van der Waals surface area contributed by atoms with Crippen LogP contribution in [0.25, 0.3) is 0 Å². The van der Waals surface area contributed by atoms with Crippen molar-refractivity contribution in [3.05, 3.63) is 0 Å². The molecule has 0 saturated carbocycles. The van der Waals surface area contributed by atoms with Crippen LogP contribution in [0.1, 0.15) is 61.3 Å². The van der Waals surface area contributed by atoms with Crippen LogP contribution >= 0.6 is 0 Å². The summed E-state index contributed by atoms with van der Waals surface area (Å²) in [6, 6.07) is 0. The molecule has 2 N–H and O–H groups in total. The van der Waals surface area contributed by atoms with E-state index in [9.17, 15) is 5.11 Å². The third-order valence-corrected chi connectivity index (χ3v) is 2.86. The van der Waals surface area contributed by atoms with Gasteiger partial charge in [-0.15, -0.1) is 0 Å². The maximum Gasteiger partial charge on any atom is 0.0781 e. The molecule has 1 rings (SSSR count). The molecule has 2 heteroatoms. The predicted molar refractivity (Wildman–Crippen MR) is 73.8 cm³/mol. The summed E-state index contributed by atoms with van der Waals surface area (Å²) in [7, 11) is 0. The van der Waals surface area contributed by atoms with Gasteiger partial charge in [0.25, 0.3) is 0 Å². The van der Waals surface area contributed by atoms with E-state index in [2.05, 4.69) is 33.0 Å². The lowest BCUT2D eigenvalue weighted by Gasteiger charge is -2.19. The highest BCUT2D eigenvalue weighted by Crippen LogP contribution is 2.19. The molecule has 1 saturated heterocycles. The van der Waals surface area contributed by atoms with Gasteiger partial charge in [-0.2, -0.15) is 0 Å². The van der Waals surface area contributed by atoms with Gasteiger partial charge in [0.15, 0.2) is 0 Å². The van der Waals surface area contributed by atoms with Crippen LogP contribution in [0.2, 0.25) is 0 Å². The van der Waals surface area contributed by atoms with E-state index in [1.165, 1.54) is 12.8 Å². The van der Waals surface area contributed by atoms with Crippen LogP contribution in [0.15, 0.2) is 0 Å². The number of β-amino-alcohol motifs (C(OH)–C–C–N with tert-alkyl or cyclic N) is 1. The Morgan fingerprint density at radius 2 is 1.88 bits per heavy atom. The molecule has 2 unspecified atom stereocenters. The maximum atomic E-state index is 9.40. The van der Waals surface area contributed by atoms with E-state index in [-0.39, 0.29) is 0 Å². The molecule has 100 valence electrons.